The molecular formula is C16H17N3O. The van der Waals surface area contributed by atoms with E-state index in [1.807, 2.05) is 30.3 Å². The Balaban J connectivity index is 1.57. The molecule has 4 heteroatoms. The van der Waals surface area contributed by atoms with E-state index in [0.717, 1.165) is 18.4 Å². The molecule has 3 rings (SSSR count). The van der Waals surface area contributed by atoms with Gasteiger partial charge in [0.1, 0.15) is 0 Å². The maximum Gasteiger partial charge on any atom is 0.315 e. The second-order valence-corrected chi connectivity index (χ2v) is 5.11. The molecule has 0 bridgehead atoms. The highest BCUT2D eigenvalue weighted by molar-refractivity contribution is 5.75. The summed E-state index contributed by atoms with van der Waals surface area (Å²) in [4.78, 5) is 16.0. The summed E-state index contributed by atoms with van der Waals surface area (Å²) < 4.78 is 0. The van der Waals surface area contributed by atoms with E-state index in [9.17, 15) is 4.79 Å². The number of carbonyl (C=O) groups excluding carboxylic acids is 1. The zero-order chi connectivity index (χ0) is 13.8. The number of nitrogens with one attached hydrogen (secondary N) is 2. The molecule has 0 saturated heterocycles. The van der Waals surface area contributed by atoms with Gasteiger partial charge in [-0.1, -0.05) is 30.3 Å². The normalized spacial score (nSPS) is 15.4. The molecule has 4 nitrogen and oxygen atoms in total. The van der Waals surface area contributed by atoms with Crippen molar-refractivity contribution in [2.45, 2.75) is 24.9 Å². The summed E-state index contributed by atoms with van der Waals surface area (Å²) in [6.07, 6.45) is 5.45. The molecule has 1 aromatic carbocycles. The molecule has 102 valence electrons. The average molecular weight is 267 g/mol. The van der Waals surface area contributed by atoms with Gasteiger partial charge in [-0.25, -0.2) is 4.79 Å². The van der Waals surface area contributed by atoms with Crippen LogP contribution in [0.4, 0.5) is 4.79 Å². The van der Waals surface area contributed by atoms with Gasteiger partial charge in [0.25, 0.3) is 0 Å². The summed E-state index contributed by atoms with van der Waals surface area (Å²) in [7, 11) is 0. The molecule has 2 aromatic rings. The summed E-state index contributed by atoms with van der Waals surface area (Å²) in [6, 6.07) is 13.8. The lowest BCUT2D eigenvalue weighted by Gasteiger charge is -2.18. The summed E-state index contributed by atoms with van der Waals surface area (Å²) in [5, 5.41) is 5.98. The molecule has 20 heavy (non-hydrogen) atoms. The van der Waals surface area contributed by atoms with Crippen molar-refractivity contribution in [2.75, 3.05) is 0 Å². The van der Waals surface area contributed by atoms with Crippen molar-refractivity contribution in [3.05, 3.63) is 66.0 Å². The molecule has 0 unspecified atom stereocenters. The van der Waals surface area contributed by atoms with Gasteiger partial charge in [-0.3, -0.25) is 4.98 Å². The number of carbonyl (C=O) groups is 1. The summed E-state index contributed by atoms with van der Waals surface area (Å²) >= 11 is 0. The molecule has 1 fully saturated rings. The lowest BCUT2D eigenvalue weighted by molar-refractivity contribution is 0.235. The minimum Gasteiger partial charge on any atom is -0.334 e. The highest BCUT2D eigenvalue weighted by atomic mass is 16.2. The van der Waals surface area contributed by atoms with Gasteiger partial charge in [-0.2, -0.15) is 0 Å². The fourth-order valence-corrected chi connectivity index (χ4v) is 2.31. The Morgan fingerprint density at radius 1 is 1.10 bits per heavy atom. The summed E-state index contributed by atoms with van der Waals surface area (Å²) in [5.41, 5.74) is 2.06. The van der Waals surface area contributed by atoms with E-state index in [4.69, 9.17) is 0 Å². The molecule has 2 N–H and O–H groups in total. The third-order valence-corrected chi connectivity index (χ3v) is 3.63. The Bertz CT molecular complexity index is 579. The van der Waals surface area contributed by atoms with Crippen LogP contribution < -0.4 is 10.6 Å². The molecular weight excluding hydrogens is 250 g/mol. The van der Waals surface area contributed by atoms with Gasteiger partial charge in [0.05, 0.1) is 5.54 Å². The van der Waals surface area contributed by atoms with E-state index in [1.165, 1.54) is 5.56 Å². The molecule has 1 heterocycles. The summed E-state index contributed by atoms with van der Waals surface area (Å²) in [5.74, 6) is 0. The predicted octanol–water partition coefficient (Wildman–Crippen LogP) is 2.57. The molecule has 2 amide bonds. The Labute approximate surface area is 118 Å². The lowest BCUT2D eigenvalue weighted by Crippen LogP contribution is -2.41. The van der Waals surface area contributed by atoms with Crippen LogP contribution in [0.2, 0.25) is 0 Å². The van der Waals surface area contributed by atoms with E-state index in [0.29, 0.717) is 6.54 Å². The fraction of sp³-hybridized carbons (Fsp3) is 0.250. The number of hydrogen-bond donors (Lipinski definition) is 2. The predicted molar refractivity (Wildman–Crippen MR) is 77.0 cm³/mol. The van der Waals surface area contributed by atoms with E-state index >= 15 is 0 Å². The Hall–Kier alpha value is -2.36. The van der Waals surface area contributed by atoms with Crippen molar-refractivity contribution in [1.82, 2.24) is 15.6 Å². The topological polar surface area (TPSA) is 54.0 Å². The van der Waals surface area contributed by atoms with Crippen molar-refractivity contribution < 1.29 is 4.79 Å². The SMILES string of the molecule is O=C(NCc1ccncc1)NC1(c2ccccc2)CC1. The number of amides is 2. The number of benzene rings is 1. The van der Waals surface area contributed by atoms with Crippen LogP contribution in [-0.4, -0.2) is 11.0 Å². The maximum atomic E-state index is 12.0. The van der Waals surface area contributed by atoms with Gasteiger partial charge in [-0.05, 0) is 36.1 Å². The number of nitrogens with zero attached hydrogens (tertiary/aromatic N) is 1. The van der Waals surface area contributed by atoms with Crippen molar-refractivity contribution >= 4 is 6.03 Å². The number of urea groups is 1. The largest absolute Gasteiger partial charge is 0.334 e. The average Bonchev–Trinajstić information content (AvgIpc) is 3.28. The van der Waals surface area contributed by atoms with Crippen molar-refractivity contribution in [3.8, 4) is 0 Å². The highest BCUT2D eigenvalue weighted by Crippen LogP contribution is 2.45. The molecule has 0 spiro atoms. The number of pyridine rings is 1. The number of aromatic nitrogens is 1. The van der Waals surface area contributed by atoms with Gasteiger partial charge < -0.3 is 10.6 Å². The van der Waals surface area contributed by atoms with Crippen molar-refractivity contribution in [2.24, 2.45) is 0 Å². The first-order valence-corrected chi connectivity index (χ1v) is 6.79. The van der Waals surface area contributed by atoms with Crippen LogP contribution in [0.15, 0.2) is 54.9 Å². The standard InChI is InChI=1S/C16H17N3O/c20-15(18-12-13-6-10-17-11-7-13)19-16(8-9-16)14-4-2-1-3-5-14/h1-7,10-11H,8-9,12H2,(H2,18,19,20). The molecule has 0 atom stereocenters. The molecule has 1 aliphatic carbocycles. The molecule has 1 saturated carbocycles. The minimum absolute atomic E-state index is 0.122. The first-order chi connectivity index (χ1) is 9.78. The third-order valence-electron chi connectivity index (χ3n) is 3.63. The van der Waals surface area contributed by atoms with Gasteiger partial charge in [0.15, 0.2) is 0 Å². The van der Waals surface area contributed by atoms with E-state index in [2.05, 4.69) is 27.8 Å². The monoisotopic (exact) mass is 267 g/mol. The minimum atomic E-state index is -0.163. The Morgan fingerprint density at radius 3 is 2.45 bits per heavy atom. The summed E-state index contributed by atoms with van der Waals surface area (Å²) in [6.45, 7) is 0.513. The third kappa shape index (κ3) is 2.79. The van der Waals surface area contributed by atoms with Crippen LogP contribution in [0.3, 0.4) is 0 Å². The molecule has 1 aromatic heterocycles. The first kappa shape index (κ1) is 12.7. The number of rotatable bonds is 4. The van der Waals surface area contributed by atoms with Gasteiger partial charge in [0.2, 0.25) is 0 Å². The van der Waals surface area contributed by atoms with Crippen LogP contribution in [0, 0.1) is 0 Å². The quantitative estimate of drug-likeness (QED) is 0.894. The maximum absolute atomic E-state index is 12.0. The Morgan fingerprint density at radius 2 is 1.80 bits per heavy atom. The van der Waals surface area contributed by atoms with Gasteiger partial charge in [-0.15, -0.1) is 0 Å². The highest BCUT2D eigenvalue weighted by Gasteiger charge is 2.45. The second-order valence-electron chi connectivity index (χ2n) is 5.11. The van der Waals surface area contributed by atoms with Crippen molar-refractivity contribution in [3.63, 3.8) is 0 Å². The van der Waals surface area contributed by atoms with E-state index in [1.54, 1.807) is 12.4 Å². The molecule has 0 aliphatic heterocycles. The molecule has 0 radical (unpaired) electrons. The van der Waals surface area contributed by atoms with Gasteiger partial charge >= 0.3 is 6.03 Å². The van der Waals surface area contributed by atoms with Crippen molar-refractivity contribution in [1.29, 1.82) is 0 Å². The fourth-order valence-electron chi connectivity index (χ4n) is 2.31. The van der Waals surface area contributed by atoms with Crippen LogP contribution in [-0.2, 0) is 12.1 Å². The second kappa shape index (κ2) is 5.33. The lowest BCUT2D eigenvalue weighted by atomic mass is 10.1. The van der Waals surface area contributed by atoms with E-state index < -0.39 is 0 Å². The van der Waals surface area contributed by atoms with Crippen LogP contribution in [0.5, 0.6) is 0 Å². The first-order valence-electron chi connectivity index (χ1n) is 6.79. The zero-order valence-electron chi connectivity index (χ0n) is 11.2. The Kier molecular flexibility index (Phi) is 3.37. The smallest absolute Gasteiger partial charge is 0.315 e. The van der Waals surface area contributed by atoms with Crippen LogP contribution >= 0.6 is 0 Å². The molecule has 1 aliphatic rings. The zero-order valence-corrected chi connectivity index (χ0v) is 11.2. The van der Waals surface area contributed by atoms with E-state index in [-0.39, 0.29) is 11.6 Å². The number of hydrogen-bond acceptors (Lipinski definition) is 2. The van der Waals surface area contributed by atoms with Gasteiger partial charge in [0, 0.05) is 18.9 Å². The van der Waals surface area contributed by atoms with Crippen LogP contribution in [0.25, 0.3) is 0 Å². The van der Waals surface area contributed by atoms with Crippen LogP contribution in [0.1, 0.15) is 24.0 Å².